The van der Waals surface area contributed by atoms with Crippen molar-refractivity contribution in [3.8, 4) is 0 Å². The maximum Gasteiger partial charge on any atom is 0.0431 e. The molecule has 2 heteroatoms. The van der Waals surface area contributed by atoms with Gasteiger partial charge < -0.3 is 10.0 Å². The topological polar surface area (TPSA) is 23.5 Å². The summed E-state index contributed by atoms with van der Waals surface area (Å²) in [5, 5.41) is 8.63. The summed E-state index contributed by atoms with van der Waals surface area (Å²) in [4.78, 5) is 2.29. The Kier molecular flexibility index (Phi) is 7.51. The van der Waals surface area contributed by atoms with Crippen LogP contribution >= 0.6 is 0 Å². The van der Waals surface area contributed by atoms with Gasteiger partial charge in [0, 0.05) is 12.6 Å². The monoisotopic (exact) mass is 173 g/mol. The Hall–Kier alpha value is -0.0800. The van der Waals surface area contributed by atoms with Gasteiger partial charge in [-0.2, -0.15) is 0 Å². The van der Waals surface area contributed by atoms with Crippen LogP contribution < -0.4 is 0 Å². The highest BCUT2D eigenvalue weighted by Crippen LogP contribution is 2.10. The Morgan fingerprint density at radius 3 is 2.25 bits per heavy atom. The minimum atomic E-state index is 0.340. The lowest BCUT2D eigenvalue weighted by molar-refractivity contribution is 0.239. The van der Waals surface area contributed by atoms with Gasteiger partial charge in [0.15, 0.2) is 0 Å². The maximum absolute atomic E-state index is 8.63. The van der Waals surface area contributed by atoms with E-state index in [2.05, 4.69) is 25.9 Å². The van der Waals surface area contributed by atoms with Gasteiger partial charge in [0.05, 0.1) is 0 Å². The molecule has 12 heavy (non-hydrogen) atoms. The predicted octanol–water partition coefficient (Wildman–Crippen LogP) is 1.88. The van der Waals surface area contributed by atoms with E-state index in [1.165, 1.54) is 19.3 Å². The van der Waals surface area contributed by atoms with Gasteiger partial charge in [0.2, 0.25) is 0 Å². The van der Waals surface area contributed by atoms with Crippen molar-refractivity contribution in [2.75, 3.05) is 20.7 Å². The molecule has 0 amide bonds. The first kappa shape index (κ1) is 11.9. The van der Waals surface area contributed by atoms with E-state index in [1.54, 1.807) is 0 Å². The normalized spacial score (nSPS) is 13.8. The number of rotatable bonds is 7. The van der Waals surface area contributed by atoms with Crippen LogP contribution in [0.15, 0.2) is 0 Å². The number of hydrogen-bond acceptors (Lipinski definition) is 2. The van der Waals surface area contributed by atoms with Crippen molar-refractivity contribution in [2.24, 2.45) is 0 Å². The van der Waals surface area contributed by atoms with Crippen molar-refractivity contribution < 1.29 is 5.11 Å². The van der Waals surface area contributed by atoms with Crippen LogP contribution in [-0.4, -0.2) is 36.8 Å². The molecule has 0 radical (unpaired) electrons. The molecule has 0 aliphatic heterocycles. The van der Waals surface area contributed by atoms with Gasteiger partial charge in [-0.25, -0.2) is 0 Å². The molecular formula is C10H23NO. The highest BCUT2D eigenvalue weighted by Gasteiger charge is 2.08. The summed E-state index contributed by atoms with van der Waals surface area (Å²) < 4.78 is 0. The van der Waals surface area contributed by atoms with E-state index in [-0.39, 0.29) is 0 Å². The number of aliphatic hydroxyl groups excluding tert-OH is 1. The van der Waals surface area contributed by atoms with Crippen molar-refractivity contribution in [3.05, 3.63) is 0 Å². The Labute approximate surface area is 76.6 Å². The summed E-state index contributed by atoms with van der Waals surface area (Å²) in [6, 6.07) is 0.710. The summed E-state index contributed by atoms with van der Waals surface area (Å²) in [5.41, 5.74) is 0. The van der Waals surface area contributed by atoms with Gasteiger partial charge in [0.1, 0.15) is 0 Å². The van der Waals surface area contributed by atoms with Gasteiger partial charge in [-0.3, -0.25) is 0 Å². The Morgan fingerprint density at radius 2 is 1.83 bits per heavy atom. The molecule has 0 spiro atoms. The second-order valence-corrected chi connectivity index (χ2v) is 3.63. The van der Waals surface area contributed by atoms with E-state index >= 15 is 0 Å². The smallest absolute Gasteiger partial charge is 0.0431 e. The molecule has 0 aliphatic rings. The minimum Gasteiger partial charge on any atom is -0.396 e. The van der Waals surface area contributed by atoms with Crippen LogP contribution in [0.3, 0.4) is 0 Å². The van der Waals surface area contributed by atoms with Crippen LogP contribution in [0, 0.1) is 0 Å². The van der Waals surface area contributed by atoms with Crippen LogP contribution in [0.2, 0.25) is 0 Å². The minimum absolute atomic E-state index is 0.340. The summed E-state index contributed by atoms with van der Waals surface area (Å²) in [5.74, 6) is 0. The molecule has 74 valence electrons. The zero-order valence-corrected chi connectivity index (χ0v) is 8.71. The third-order valence-electron chi connectivity index (χ3n) is 2.30. The molecule has 0 rings (SSSR count). The van der Waals surface area contributed by atoms with Crippen molar-refractivity contribution in [2.45, 2.75) is 45.1 Å². The van der Waals surface area contributed by atoms with Gasteiger partial charge >= 0.3 is 0 Å². The maximum atomic E-state index is 8.63. The fourth-order valence-corrected chi connectivity index (χ4v) is 1.49. The van der Waals surface area contributed by atoms with Crippen LogP contribution in [0.25, 0.3) is 0 Å². The molecule has 0 saturated carbocycles. The van der Waals surface area contributed by atoms with Gasteiger partial charge in [-0.1, -0.05) is 13.3 Å². The third kappa shape index (κ3) is 5.56. The summed E-state index contributed by atoms with van der Waals surface area (Å²) in [7, 11) is 4.28. The molecule has 0 aromatic heterocycles. The van der Waals surface area contributed by atoms with Crippen molar-refractivity contribution in [3.63, 3.8) is 0 Å². The van der Waals surface area contributed by atoms with E-state index in [0.717, 1.165) is 12.8 Å². The first-order valence-electron chi connectivity index (χ1n) is 4.99. The predicted molar refractivity (Wildman–Crippen MR) is 53.3 cm³/mol. The summed E-state index contributed by atoms with van der Waals surface area (Å²) in [6.45, 7) is 2.56. The largest absolute Gasteiger partial charge is 0.396 e. The quantitative estimate of drug-likeness (QED) is 0.594. The molecule has 1 atom stereocenters. The lowest BCUT2D eigenvalue weighted by Crippen LogP contribution is -2.27. The lowest BCUT2D eigenvalue weighted by atomic mass is 10.0. The molecule has 1 N–H and O–H groups in total. The molecule has 0 aromatic carbocycles. The number of aliphatic hydroxyl groups is 1. The van der Waals surface area contributed by atoms with Crippen molar-refractivity contribution >= 4 is 0 Å². The molecule has 0 saturated heterocycles. The average Bonchev–Trinajstić information content (AvgIpc) is 2.03. The molecule has 0 aromatic rings. The molecule has 0 aliphatic carbocycles. The lowest BCUT2D eigenvalue weighted by Gasteiger charge is -2.23. The zero-order chi connectivity index (χ0) is 9.40. The molecular weight excluding hydrogens is 150 g/mol. The van der Waals surface area contributed by atoms with E-state index in [4.69, 9.17) is 5.11 Å². The van der Waals surface area contributed by atoms with E-state index in [0.29, 0.717) is 12.6 Å². The molecule has 0 heterocycles. The number of nitrogens with zero attached hydrogens (tertiary/aromatic N) is 1. The second-order valence-electron chi connectivity index (χ2n) is 3.63. The van der Waals surface area contributed by atoms with Gasteiger partial charge in [0.25, 0.3) is 0 Å². The Morgan fingerprint density at radius 1 is 1.17 bits per heavy atom. The number of hydrogen-bond donors (Lipinski definition) is 1. The standard InChI is InChI=1S/C10H23NO/c1-4-7-10(11(2)3)8-5-6-9-12/h10,12H,4-9H2,1-3H3. The Balaban J connectivity index is 3.49. The highest BCUT2D eigenvalue weighted by molar-refractivity contribution is 4.65. The SMILES string of the molecule is CCCC(CCCCO)N(C)C. The first-order valence-corrected chi connectivity index (χ1v) is 4.99. The average molecular weight is 173 g/mol. The van der Waals surface area contributed by atoms with Gasteiger partial charge in [-0.05, 0) is 39.8 Å². The van der Waals surface area contributed by atoms with Crippen LogP contribution in [0.5, 0.6) is 0 Å². The van der Waals surface area contributed by atoms with Crippen molar-refractivity contribution in [1.29, 1.82) is 0 Å². The zero-order valence-electron chi connectivity index (χ0n) is 8.71. The third-order valence-corrected chi connectivity index (χ3v) is 2.30. The molecule has 2 nitrogen and oxygen atoms in total. The summed E-state index contributed by atoms with van der Waals surface area (Å²) >= 11 is 0. The highest BCUT2D eigenvalue weighted by atomic mass is 16.2. The second kappa shape index (κ2) is 7.56. The molecule has 0 fully saturated rings. The van der Waals surface area contributed by atoms with Crippen LogP contribution in [0.1, 0.15) is 39.0 Å². The fraction of sp³-hybridized carbons (Fsp3) is 1.00. The molecule has 1 unspecified atom stereocenters. The van der Waals surface area contributed by atoms with E-state index in [1.807, 2.05) is 0 Å². The number of unbranched alkanes of at least 4 members (excludes halogenated alkanes) is 1. The molecule has 0 bridgehead atoms. The van der Waals surface area contributed by atoms with E-state index in [9.17, 15) is 0 Å². The summed E-state index contributed by atoms with van der Waals surface area (Å²) in [6.07, 6.45) is 5.86. The Bertz CT molecular complexity index is 93.8. The van der Waals surface area contributed by atoms with Gasteiger partial charge in [-0.15, -0.1) is 0 Å². The van der Waals surface area contributed by atoms with Crippen LogP contribution in [0.4, 0.5) is 0 Å². The van der Waals surface area contributed by atoms with Crippen LogP contribution in [-0.2, 0) is 0 Å². The van der Waals surface area contributed by atoms with Crippen molar-refractivity contribution in [1.82, 2.24) is 4.90 Å². The van der Waals surface area contributed by atoms with E-state index < -0.39 is 0 Å². The first-order chi connectivity index (χ1) is 5.72. The fourth-order valence-electron chi connectivity index (χ4n) is 1.49.